The summed E-state index contributed by atoms with van der Waals surface area (Å²) in [5, 5.41) is 0. The van der Waals surface area contributed by atoms with Gasteiger partial charge in [0.1, 0.15) is 16.2 Å². The van der Waals surface area contributed by atoms with E-state index in [1.54, 1.807) is 22.8 Å². The van der Waals surface area contributed by atoms with Crippen LogP contribution >= 0.6 is 0 Å². The average Bonchev–Trinajstić information content (AvgIpc) is 3.08. The normalized spacial score (nSPS) is 12.9. The summed E-state index contributed by atoms with van der Waals surface area (Å²) in [7, 11) is -3.93. The van der Waals surface area contributed by atoms with Gasteiger partial charge in [-0.3, -0.25) is 0 Å². The number of nitrogen functional groups attached to an aromatic ring is 1. The van der Waals surface area contributed by atoms with E-state index in [1.807, 2.05) is 74.5 Å². The van der Waals surface area contributed by atoms with Crippen LogP contribution in [0, 0.1) is 6.92 Å². The Labute approximate surface area is 186 Å². The molecule has 0 spiro atoms. The number of benzene rings is 3. The number of nitrogens with two attached hydrogens (primary N) is 1. The molecule has 5 rings (SSSR count). The van der Waals surface area contributed by atoms with Crippen molar-refractivity contribution in [3.63, 3.8) is 0 Å². The molecule has 2 N–H and O–H groups in total. The first-order valence-corrected chi connectivity index (χ1v) is 11.8. The number of sulfone groups is 1. The first-order valence-electron chi connectivity index (χ1n) is 10.3. The van der Waals surface area contributed by atoms with Crippen LogP contribution in [0.2, 0.25) is 0 Å². The van der Waals surface area contributed by atoms with E-state index in [1.165, 1.54) is 0 Å². The van der Waals surface area contributed by atoms with Crippen LogP contribution in [0.1, 0.15) is 24.1 Å². The molecule has 0 unspecified atom stereocenters. The number of rotatable bonds is 4. The summed E-state index contributed by atoms with van der Waals surface area (Å²) in [6, 6.07) is 23.8. The molecule has 0 bridgehead atoms. The van der Waals surface area contributed by atoms with Gasteiger partial charge in [0, 0.05) is 0 Å². The third-order valence-corrected chi connectivity index (χ3v) is 7.54. The monoisotopic (exact) mass is 442 g/mol. The van der Waals surface area contributed by atoms with Crippen LogP contribution in [-0.4, -0.2) is 23.0 Å². The Morgan fingerprint density at radius 1 is 0.875 bits per heavy atom. The zero-order valence-electron chi connectivity index (χ0n) is 17.7. The molecule has 160 valence electrons. The minimum absolute atomic E-state index is 0.000802. The zero-order chi connectivity index (χ0) is 22.5. The van der Waals surface area contributed by atoms with Crippen molar-refractivity contribution in [1.29, 1.82) is 0 Å². The third kappa shape index (κ3) is 3.13. The van der Waals surface area contributed by atoms with Gasteiger partial charge in [-0.1, -0.05) is 54.6 Å². The first-order chi connectivity index (χ1) is 15.4. The molecular formula is C25H22N4O2S. The van der Waals surface area contributed by atoms with E-state index >= 15 is 0 Å². The fraction of sp³-hybridized carbons (Fsp3) is 0.120. The molecule has 0 aliphatic carbocycles. The molecule has 0 saturated carbocycles. The van der Waals surface area contributed by atoms with Gasteiger partial charge in [-0.15, -0.1) is 0 Å². The van der Waals surface area contributed by atoms with Gasteiger partial charge in [0.2, 0.25) is 9.84 Å². The molecule has 0 fully saturated rings. The molecule has 2 aromatic heterocycles. The molecule has 3 aromatic carbocycles. The fourth-order valence-corrected chi connectivity index (χ4v) is 5.69. The number of fused-ring (bicyclic) bond motifs is 2. The van der Waals surface area contributed by atoms with Crippen molar-refractivity contribution < 1.29 is 8.42 Å². The smallest absolute Gasteiger partial charge is 0.212 e. The lowest BCUT2D eigenvalue weighted by molar-refractivity contribution is 0.596. The van der Waals surface area contributed by atoms with Gasteiger partial charge in [-0.25, -0.2) is 18.4 Å². The highest BCUT2D eigenvalue weighted by atomic mass is 32.2. The van der Waals surface area contributed by atoms with E-state index in [2.05, 4.69) is 0 Å². The molecule has 0 saturated heterocycles. The second kappa shape index (κ2) is 7.46. The number of hydrogen-bond donors (Lipinski definition) is 1. The quantitative estimate of drug-likeness (QED) is 0.427. The van der Waals surface area contributed by atoms with Gasteiger partial charge in [-0.05, 0) is 49.2 Å². The van der Waals surface area contributed by atoms with Crippen molar-refractivity contribution in [3.05, 3.63) is 90.0 Å². The summed E-state index contributed by atoms with van der Waals surface area (Å²) >= 11 is 0. The topological polar surface area (TPSA) is 90.9 Å². The highest BCUT2D eigenvalue weighted by molar-refractivity contribution is 7.92. The maximum atomic E-state index is 13.8. The lowest BCUT2D eigenvalue weighted by Crippen LogP contribution is -2.12. The number of aryl methyl sites for hydroxylation is 1. The van der Waals surface area contributed by atoms with Crippen LogP contribution in [0.4, 0.5) is 5.82 Å². The minimum Gasteiger partial charge on any atom is -0.384 e. The van der Waals surface area contributed by atoms with E-state index in [0.29, 0.717) is 16.7 Å². The van der Waals surface area contributed by atoms with Gasteiger partial charge in [0.25, 0.3) is 0 Å². The van der Waals surface area contributed by atoms with Gasteiger partial charge in [0.15, 0.2) is 5.65 Å². The molecular weight excluding hydrogens is 420 g/mol. The van der Waals surface area contributed by atoms with Crippen molar-refractivity contribution in [2.75, 3.05) is 5.73 Å². The van der Waals surface area contributed by atoms with E-state index in [9.17, 15) is 8.42 Å². The summed E-state index contributed by atoms with van der Waals surface area (Å²) in [5.41, 5.74) is 10.4. The Balaban J connectivity index is 1.87. The van der Waals surface area contributed by atoms with E-state index in [4.69, 9.17) is 15.7 Å². The van der Waals surface area contributed by atoms with Gasteiger partial charge >= 0.3 is 0 Å². The Bertz CT molecular complexity index is 1570. The van der Waals surface area contributed by atoms with Gasteiger partial charge < -0.3 is 10.3 Å². The van der Waals surface area contributed by atoms with Crippen LogP contribution in [0.25, 0.3) is 22.2 Å². The van der Waals surface area contributed by atoms with Crippen LogP contribution < -0.4 is 5.73 Å². The predicted octanol–water partition coefficient (Wildman–Crippen LogP) is 4.92. The van der Waals surface area contributed by atoms with E-state index in [0.717, 1.165) is 11.1 Å². The number of nitrogens with zero attached hydrogens (tertiary/aromatic N) is 3. The fourth-order valence-electron chi connectivity index (χ4n) is 4.09. The summed E-state index contributed by atoms with van der Waals surface area (Å²) in [5.74, 6) is 0.133. The van der Waals surface area contributed by atoms with Crippen molar-refractivity contribution in [2.45, 2.75) is 29.7 Å². The molecule has 5 aromatic rings. The summed E-state index contributed by atoms with van der Waals surface area (Å²) in [4.78, 5) is 9.68. The second-order valence-electron chi connectivity index (χ2n) is 7.88. The lowest BCUT2D eigenvalue weighted by atomic mass is 10.1. The van der Waals surface area contributed by atoms with Crippen LogP contribution in [-0.2, 0) is 9.84 Å². The second-order valence-corrected chi connectivity index (χ2v) is 9.76. The molecule has 0 aliphatic rings. The Morgan fingerprint density at radius 2 is 1.53 bits per heavy atom. The molecule has 0 aliphatic heterocycles. The summed E-state index contributed by atoms with van der Waals surface area (Å²) in [6.07, 6.45) is 0. The summed E-state index contributed by atoms with van der Waals surface area (Å²) < 4.78 is 29.3. The predicted molar refractivity (Wildman–Crippen MR) is 126 cm³/mol. The average molecular weight is 443 g/mol. The maximum absolute atomic E-state index is 13.8. The van der Waals surface area contributed by atoms with Crippen molar-refractivity contribution in [1.82, 2.24) is 14.5 Å². The SMILES string of the molecule is Cc1cccc(S(=O)(=O)c2c(N)n([C@H](C)c3ccccc3)c3nc4ccccc4nc23)c1. The standard InChI is InChI=1S/C25H22N4O2S/c1-16-9-8-12-19(15-16)32(30,31)23-22-25(28-21-14-7-6-13-20(21)27-22)29(24(23)26)17(2)18-10-4-3-5-11-18/h3-15,17H,26H2,1-2H3/t17-/m1/s1. The Hall–Kier alpha value is -3.71. The summed E-state index contributed by atoms with van der Waals surface area (Å²) in [6.45, 7) is 3.83. The van der Waals surface area contributed by atoms with E-state index < -0.39 is 9.84 Å². The van der Waals surface area contributed by atoms with Gasteiger partial charge in [0.05, 0.1) is 22.0 Å². The highest BCUT2D eigenvalue weighted by Crippen LogP contribution is 2.38. The maximum Gasteiger partial charge on any atom is 0.212 e. The van der Waals surface area contributed by atoms with Crippen LogP contribution in [0.15, 0.2) is 88.7 Å². The third-order valence-electron chi connectivity index (χ3n) is 5.73. The number of hydrogen-bond acceptors (Lipinski definition) is 5. The van der Waals surface area contributed by atoms with Crippen molar-refractivity contribution >= 4 is 37.9 Å². The van der Waals surface area contributed by atoms with Crippen LogP contribution in [0.5, 0.6) is 0 Å². The first kappa shape index (κ1) is 20.2. The molecule has 2 heterocycles. The largest absolute Gasteiger partial charge is 0.384 e. The number of aromatic nitrogens is 3. The van der Waals surface area contributed by atoms with E-state index in [-0.39, 0.29) is 27.2 Å². The number of anilines is 1. The molecule has 1 atom stereocenters. The molecule has 6 nitrogen and oxygen atoms in total. The lowest BCUT2D eigenvalue weighted by Gasteiger charge is -2.17. The molecule has 0 amide bonds. The molecule has 32 heavy (non-hydrogen) atoms. The Morgan fingerprint density at radius 3 is 2.22 bits per heavy atom. The van der Waals surface area contributed by atoms with Crippen molar-refractivity contribution in [3.8, 4) is 0 Å². The highest BCUT2D eigenvalue weighted by Gasteiger charge is 2.31. The Kier molecular flexibility index (Phi) is 4.71. The van der Waals surface area contributed by atoms with Crippen molar-refractivity contribution in [2.24, 2.45) is 0 Å². The minimum atomic E-state index is -3.93. The van der Waals surface area contributed by atoms with Gasteiger partial charge in [-0.2, -0.15) is 0 Å². The zero-order valence-corrected chi connectivity index (χ0v) is 18.5. The number of para-hydroxylation sites is 2. The van der Waals surface area contributed by atoms with Crippen LogP contribution in [0.3, 0.4) is 0 Å². The molecule has 0 radical (unpaired) electrons. The molecule has 7 heteroatoms.